The van der Waals surface area contributed by atoms with Crippen LogP contribution < -0.4 is 5.32 Å². The number of carbonyl (C=O) groups is 2. The van der Waals surface area contributed by atoms with E-state index in [1.165, 1.54) is 0 Å². The summed E-state index contributed by atoms with van der Waals surface area (Å²) in [5, 5.41) is 16.1. The summed E-state index contributed by atoms with van der Waals surface area (Å²) in [4.78, 5) is 23.7. The number of aliphatic carboxylic acids is 1. The van der Waals surface area contributed by atoms with Gasteiger partial charge in [0.1, 0.15) is 0 Å². The van der Waals surface area contributed by atoms with Crippen molar-refractivity contribution in [1.82, 2.24) is 10.5 Å². The molecule has 4 atom stereocenters. The van der Waals surface area contributed by atoms with Crippen molar-refractivity contribution in [2.75, 3.05) is 0 Å². The van der Waals surface area contributed by atoms with Crippen LogP contribution in [-0.4, -0.2) is 28.2 Å². The number of nitrogens with one attached hydrogen (secondary N) is 1. The molecule has 6 heteroatoms. The molecule has 0 saturated heterocycles. The third kappa shape index (κ3) is 2.43. The van der Waals surface area contributed by atoms with E-state index >= 15 is 0 Å². The summed E-state index contributed by atoms with van der Waals surface area (Å²) in [6, 6.07) is 1.34. The topological polar surface area (TPSA) is 92.4 Å². The molecule has 0 radical (unpaired) electrons. The van der Waals surface area contributed by atoms with Crippen molar-refractivity contribution in [3.63, 3.8) is 0 Å². The Balaban J connectivity index is 1.73. The number of hydrogen-bond acceptors (Lipinski definition) is 4. The summed E-state index contributed by atoms with van der Waals surface area (Å²) in [5.74, 6) is -0.840. The summed E-state index contributed by atoms with van der Waals surface area (Å²) >= 11 is 0. The average molecular weight is 292 g/mol. The molecule has 0 aliphatic heterocycles. The fraction of sp³-hybridized carbons (Fsp3) is 0.667. The quantitative estimate of drug-likeness (QED) is 0.885. The summed E-state index contributed by atoms with van der Waals surface area (Å²) in [7, 11) is 0. The molecule has 21 heavy (non-hydrogen) atoms. The third-order valence-corrected chi connectivity index (χ3v) is 4.84. The lowest BCUT2D eigenvalue weighted by Crippen LogP contribution is -2.46. The van der Waals surface area contributed by atoms with Gasteiger partial charge in [-0.05, 0) is 37.0 Å². The van der Waals surface area contributed by atoms with E-state index in [9.17, 15) is 14.7 Å². The van der Waals surface area contributed by atoms with Crippen LogP contribution in [0.2, 0.25) is 0 Å². The van der Waals surface area contributed by atoms with Gasteiger partial charge in [0.05, 0.1) is 11.6 Å². The number of hydrogen-bond donors (Lipinski definition) is 2. The minimum absolute atomic E-state index is 0.158. The van der Waals surface area contributed by atoms with Gasteiger partial charge in [0, 0.05) is 12.1 Å². The van der Waals surface area contributed by atoms with Gasteiger partial charge in [-0.15, -0.1) is 0 Å². The number of rotatable bonds is 4. The Labute approximate surface area is 122 Å². The lowest BCUT2D eigenvalue weighted by Gasteiger charge is -2.28. The molecule has 2 aliphatic rings. The van der Waals surface area contributed by atoms with E-state index in [1.807, 2.05) is 13.8 Å². The Morgan fingerprint density at radius 1 is 1.38 bits per heavy atom. The first kappa shape index (κ1) is 14.1. The number of fused-ring (bicyclic) bond motifs is 2. The zero-order valence-corrected chi connectivity index (χ0v) is 12.2. The maximum absolute atomic E-state index is 12.2. The van der Waals surface area contributed by atoms with E-state index in [-0.39, 0.29) is 35.5 Å². The van der Waals surface area contributed by atoms with Crippen molar-refractivity contribution in [3.05, 3.63) is 17.5 Å². The highest BCUT2D eigenvalue weighted by Crippen LogP contribution is 2.48. The zero-order chi connectivity index (χ0) is 15.1. The van der Waals surface area contributed by atoms with Crippen molar-refractivity contribution in [2.45, 2.75) is 45.1 Å². The Hall–Kier alpha value is -1.85. The normalized spacial score (nSPS) is 30.8. The first-order chi connectivity index (χ1) is 9.97. The van der Waals surface area contributed by atoms with E-state index in [2.05, 4.69) is 10.5 Å². The van der Waals surface area contributed by atoms with Crippen LogP contribution in [0, 0.1) is 17.8 Å². The van der Waals surface area contributed by atoms with Gasteiger partial charge >= 0.3 is 5.97 Å². The fourth-order valence-corrected chi connectivity index (χ4v) is 3.74. The Morgan fingerprint density at radius 3 is 2.71 bits per heavy atom. The van der Waals surface area contributed by atoms with Gasteiger partial charge in [0.25, 0.3) is 5.91 Å². The minimum atomic E-state index is -0.812. The standard InChI is InChI=1S/C15H20N2O4/c1-7(2)10-6-11(21-17-10)14(18)16-13-9-4-3-8(5-9)12(13)15(19)20/h6-9,12-13H,3-5H2,1-2H3,(H,16,18)(H,19,20). The molecule has 2 saturated carbocycles. The molecule has 3 rings (SSSR count). The molecule has 6 nitrogen and oxygen atoms in total. The van der Waals surface area contributed by atoms with E-state index in [0.29, 0.717) is 0 Å². The first-order valence-electron chi connectivity index (χ1n) is 7.47. The Morgan fingerprint density at radius 2 is 2.10 bits per heavy atom. The maximum Gasteiger partial charge on any atom is 0.308 e. The second-order valence-electron chi connectivity index (χ2n) is 6.47. The highest BCUT2D eigenvalue weighted by molar-refractivity contribution is 5.92. The molecule has 1 heterocycles. The maximum atomic E-state index is 12.2. The second-order valence-corrected chi connectivity index (χ2v) is 6.47. The van der Waals surface area contributed by atoms with Gasteiger partial charge < -0.3 is 14.9 Å². The van der Waals surface area contributed by atoms with Crippen LogP contribution in [0.1, 0.15) is 55.3 Å². The predicted molar refractivity (Wildman–Crippen MR) is 73.8 cm³/mol. The molecule has 1 aromatic rings. The van der Waals surface area contributed by atoms with Gasteiger partial charge in [-0.1, -0.05) is 19.0 Å². The molecule has 2 bridgehead atoms. The van der Waals surface area contributed by atoms with Crippen LogP contribution in [0.5, 0.6) is 0 Å². The van der Waals surface area contributed by atoms with Gasteiger partial charge in [-0.3, -0.25) is 9.59 Å². The Kier molecular flexibility index (Phi) is 3.47. The fourth-order valence-electron chi connectivity index (χ4n) is 3.74. The van der Waals surface area contributed by atoms with Crippen LogP contribution in [0.3, 0.4) is 0 Å². The molecule has 2 fully saturated rings. The largest absolute Gasteiger partial charge is 0.481 e. The van der Waals surface area contributed by atoms with Gasteiger partial charge in [0.15, 0.2) is 0 Å². The van der Waals surface area contributed by atoms with Crippen molar-refractivity contribution < 1.29 is 19.2 Å². The summed E-state index contributed by atoms with van der Waals surface area (Å²) in [5.41, 5.74) is 0.725. The average Bonchev–Trinajstić information content (AvgIpc) is 3.13. The van der Waals surface area contributed by atoms with Crippen LogP contribution in [0.4, 0.5) is 0 Å². The second kappa shape index (κ2) is 5.16. The molecule has 114 valence electrons. The molecular weight excluding hydrogens is 272 g/mol. The third-order valence-electron chi connectivity index (χ3n) is 4.84. The van der Waals surface area contributed by atoms with Crippen molar-refractivity contribution in [1.29, 1.82) is 0 Å². The SMILES string of the molecule is CC(C)c1cc(C(=O)NC2C3CCC(C3)C2C(=O)O)on1. The lowest BCUT2D eigenvalue weighted by molar-refractivity contribution is -0.144. The summed E-state index contributed by atoms with van der Waals surface area (Å²) < 4.78 is 5.06. The Bertz CT molecular complexity index is 566. The number of amides is 1. The van der Waals surface area contributed by atoms with Crippen molar-refractivity contribution >= 4 is 11.9 Å². The molecule has 2 N–H and O–H groups in total. The van der Waals surface area contributed by atoms with E-state index in [4.69, 9.17) is 4.52 Å². The molecule has 1 aromatic heterocycles. The van der Waals surface area contributed by atoms with Crippen LogP contribution in [-0.2, 0) is 4.79 Å². The van der Waals surface area contributed by atoms with Crippen molar-refractivity contribution in [2.24, 2.45) is 17.8 Å². The van der Waals surface area contributed by atoms with Gasteiger partial charge in [0.2, 0.25) is 5.76 Å². The molecule has 4 unspecified atom stereocenters. The molecule has 1 amide bonds. The van der Waals surface area contributed by atoms with E-state index in [0.717, 1.165) is 25.0 Å². The van der Waals surface area contributed by atoms with E-state index < -0.39 is 11.9 Å². The predicted octanol–water partition coefficient (Wildman–Crippen LogP) is 2.03. The van der Waals surface area contributed by atoms with Gasteiger partial charge in [-0.25, -0.2) is 0 Å². The van der Waals surface area contributed by atoms with Crippen LogP contribution in [0.25, 0.3) is 0 Å². The molecule has 2 aliphatic carbocycles. The number of nitrogens with zero attached hydrogens (tertiary/aromatic N) is 1. The number of carboxylic acids is 1. The lowest BCUT2D eigenvalue weighted by atomic mass is 9.84. The summed E-state index contributed by atoms with van der Waals surface area (Å²) in [6.45, 7) is 3.94. The first-order valence-corrected chi connectivity index (χ1v) is 7.47. The summed E-state index contributed by atoms with van der Waals surface area (Å²) in [6.07, 6.45) is 2.84. The minimum Gasteiger partial charge on any atom is -0.481 e. The smallest absolute Gasteiger partial charge is 0.308 e. The molecular formula is C15H20N2O4. The highest BCUT2D eigenvalue weighted by atomic mass is 16.5. The number of carboxylic acid groups (broad SMARTS) is 1. The van der Waals surface area contributed by atoms with Gasteiger partial charge in [-0.2, -0.15) is 0 Å². The highest BCUT2D eigenvalue weighted by Gasteiger charge is 2.51. The number of carbonyl (C=O) groups excluding carboxylic acids is 1. The number of aromatic nitrogens is 1. The monoisotopic (exact) mass is 292 g/mol. The molecule has 0 aromatic carbocycles. The van der Waals surface area contributed by atoms with Crippen LogP contribution >= 0.6 is 0 Å². The van der Waals surface area contributed by atoms with Crippen LogP contribution in [0.15, 0.2) is 10.6 Å². The van der Waals surface area contributed by atoms with Crippen molar-refractivity contribution in [3.8, 4) is 0 Å². The molecule has 0 spiro atoms. The van der Waals surface area contributed by atoms with E-state index in [1.54, 1.807) is 6.07 Å². The zero-order valence-electron chi connectivity index (χ0n) is 12.2.